The molecule has 5 atom stereocenters. The summed E-state index contributed by atoms with van der Waals surface area (Å²) in [5.41, 5.74) is 0. The maximum atomic E-state index is 14.6. The summed E-state index contributed by atoms with van der Waals surface area (Å²) in [6.07, 6.45) is 2.18. The highest BCUT2D eigenvalue weighted by Gasteiger charge is 2.54. The Hall–Kier alpha value is -2.23. The maximum absolute atomic E-state index is 14.6. The Morgan fingerprint density at radius 1 is 0.794 bits per heavy atom. The molecule has 0 aromatic heterocycles. The highest BCUT2D eigenvalue weighted by atomic mass is 19.1. The Balaban J connectivity index is 2.68. The average Bonchev–Trinajstić information content (AvgIpc) is 3.04. The maximum Gasteiger partial charge on any atom is 0.306 e. The first-order chi connectivity index (χ1) is 16.1. The van der Waals surface area contributed by atoms with Crippen molar-refractivity contribution in [2.75, 3.05) is 6.61 Å². The summed E-state index contributed by atoms with van der Waals surface area (Å²) < 4.78 is 40.2. The molecule has 0 aromatic rings. The number of esters is 4. The number of rotatable bonds is 16. The number of unbranched alkanes of at least 4 members (excludes halogenated alkanes) is 8. The number of carbonyl (C=O) groups excluding carboxylic acids is 4. The molecular formula is C24H39FO9. The topological polar surface area (TPSA) is 114 Å². The fraction of sp³-hybridized carbons (Fsp3) is 0.833. The molecule has 1 aliphatic rings. The molecule has 0 saturated carbocycles. The molecule has 0 amide bonds. The number of hydrogen-bond donors (Lipinski definition) is 0. The van der Waals surface area contributed by atoms with E-state index in [9.17, 15) is 23.6 Å². The van der Waals surface area contributed by atoms with E-state index in [0.717, 1.165) is 40.0 Å². The molecule has 0 N–H and O–H groups in total. The van der Waals surface area contributed by atoms with Crippen LogP contribution in [0.5, 0.6) is 0 Å². The Morgan fingerprint density at radius 3 is 1.91 bits per heavy atom. The van der Waals surface area contributed by atoms with Gasteiger partial charge in [-0.25, -0.2) is 4.39 Å². The van der Waals surface area contributed by atoms with Gasteiger partial charge in [-0.1, -0.05) is 58.3 Å². The van der Waals surface area contributed by atoms with Crippen molar-refractivity contribution in [1.82, 2.24) is 0 Å². The third kappa shape index (κ3) is 11.8. The summed E-state index contributed by atoms with van der Waals surface area (Å²) in [6, 6.07) is 0. The van der Waals surface area contributed by atoms with Crippen LogP contribution in [0.3, 0.4) is 0 Å². The summed E-state index contributed by atoms with van der Waals surface area (Å²) in [6.45, 7) is 5.10. The van der Waals surface area contributed by atoms with Gasteiger partial charge < -0.3 is 23.7 Å². The van der Waals surface area contributed by atoms with Crippen molar-refractivity contribution in [3.05, 3.63) is 0 Å². The number of halogens is 1. The SMILES string of the molecule is CCCCCCCCCCCC(=O)O[C@@H]1[C@@H](OC(C)=O)[C@H](F)O[C@@H]1[C@@H](COC(C)=O)OC(C)=O. The molecule has 10 heteroatoms. The van der Waals surface area contributed by atoms with E-state index in [0.29, 0.717) is 6.42 Å². The fourth-order valence-electron chi connectivity index (χ4n) is 3.79. The molecule has 9 nitrogen and oxygen atoms in total. The van der Waals surface area contributed by atoms with E-state index in [1.54, 1.807) is 0 Å². The lowest BCUT2D eigenvalue weighted by molar-refractivity contribution is -0.178. The zero-order chi connectivity index (χ0) is 25.5. The van der Waals surface area contributed by atoms with Gasteiger partial charge in [-0.05, 0) is 6.42 Å². The quantitative estimate of drug-likeness (QED) is 0.180. The largest absolute Gasteiger partial charge is 0.462 e. The lowest BCUT2D eigenvalue weighted by Gasteiger charge is -2.27. The highest BCUT2D eigenvalue weighted by Crippen LogP contribution is 2.31. The fourth-order valence-corrected chi connectivity index (χ4v) is 3.79. The minimum Gasteiger partial charge on any atom is -0.462 e. The van der Waals surface area contributed by atoms with Crippen molar-refractivity contribution >= 4 is 23.9 Å². The van der Waals surface area contributed by atoms with Crippen molar-refractivity contribution < 1.29 is 47.3 Å². The normalized spacial score (nSPS) is 22.6. The van der Waals surface area contributed by atoms with Crippen LogP contribution in [0.4, 0.5) is 4.39 Å². The first kappa shape index (κ1) is 29.8. The zero-order valence-corrected chi connectivity index (χ0v) is 20.7. The van der Waals surface area contributed by atoms with Crippen LogP contribution in [0, 0.1) is 0 Å². The van der Waals surface area contributed by atoms with E-state index >= 15 is 0 Å². The van der Waals surface area contributed by atoms with E-state index in [-0.39, 0.29) is 6.42 Å². The van der Waals surface area contributed by atoms with E-state index < -0.39 is 61.3 Å². The van der Waals surface area contributed by atoms with E-state index in [4.69, 9.17) is 23.7 Å². The minimum atomic E-state index is -2.12. The molecule has 1 aliphatic heterocycles. The molecule has 196 valence electrons. The van der Waals surface area contributed by atoms with E-state index in [1.165, 1.54) is 32.1 Å². The minimum absolute atomic E-state index is 0.102. The molecule has 0 bridgehead atoms. The number of ether oxygens (including phenoxy) is 5. The van der Waals surface area contributed by atoms with Crippen LogP contribution in [0.15, 0.2) is 0 Å². The summed E-state index contributed by atoms with van der Waals surface area (Å²) in [4.78, 5) is 46.7. The molecule has 0 aromatic carbocycles. The van der Waals surface area contributed by atoms with Gasteiger partial charge in [0.05, 0.1) is 0 Å². The first-order valence-corrected chi connectivity index (χ1v) is 12.1. The smallest absolute Gasteiger partial charge is 0.306 e. The molecule has 0 spiro atoms. The lowest BCUT2D eigenvalue weighted by atomic mass is 10.0. The van der Waals surface area contributed by atoms with Gasteiger partial charge in [-0.3, -0.25) is 19.2 Å². The van der Waals surface area contributed by atoms with Crippen LogP contribution in [-0.2, 0) is 42.9 Å². The van der Waals surface area contributed by atoms with Gasteiger partial charge in [-0.2, -0.15) is 0 Å². The summed E-state index contributed by atoms with van der Waals surface area (Å²) in [5.74, 6) is -2.78. The van der Waals surface area contributed by atoms with Gasteiger partial charge in [0.1, 0.15) is 12.7 Å². The van der Waals surface area contributed by atoms with Crippen LogP contribution < -0.4 is 0 Å². The molecule has 1 saturated heterocycles. The van der Waals surface area contributed by atoms with Crippen molar-refractivity contribution in [1.29, 1.82) is 0 Å². The summed E-state index contributed by atoms with van der Waals surface area (Å²) in [5, 5.41) is 0. The van der Waals surface area contributed by atoms with Crippen LogP contribution in [0.1, 0.15) is 91.9 Å². The third-order valence-corrected chi connectivity index (χ3v) is 5.38. The van der Waals surface area contributed by atoms with Gasteiger partial charge in [0.15, 0.2) is 18.3 Å². The van der Waals surface area contributed by atoms with Crippen molar-refractivity contribution in [3.63, 3.8) is 0 Å². The Labute approximate surface area is 201 Å². The predicted octanol–water partition coefficient (Wildman–Crippen LogP) is 3.94. The van der Waals surface area contributed by atoms with Gasteiger partial charge in [0.25, 0.3) is 0 Å². The van der Waals surface area contributed by atoms with Crippen LogP contribution in [-0.4, -0.2) is 61.3 Å². The summed E-state index contributed by atoms with van der Waals surface area (Å²) in [7, 11) is 0. The van der Waals surface area contributed by atoms with Gasteiger partial charge >= 0.3 is 23.9 Å². The molecule has 1 heterocycles. The monoisotopic (exact) mass is 490 g/mol. The van der Waals surface area contributed by atoms with Gasteiger partial charge in [0, 0.05) is 27.2 Å². The Morgan fingerprint density at radius 2 is 1.38 bits per heavy atom. The Bertz CT molecular complexity index is 654. The lowest BCUT2D eigenvalue weighted by Crippen LogP contribution is -2.46. The number of carbonyl (C=O) groups is 4. The second kappa shape index (κ2) is 16.4. The molecular weight excluding hydrogens is 451 g/mol. The van der Waals surface area contributed by atoms with Crippen molar-refractivity contribution in [3.8, 4) is 0 Å². The average molecular weight is 491 g/mol. The second-order valence-electron chi connectivity index (χ2n) is 8.51. The third-order valence-electron chi connectivity index (χ3n) is 5.38. The molecule has 0 aliphatic carbocycles. The Kier molecular flexibility index (Phi) is 14.4. The first-order valence-electron chi connectivity index (χ1n) is 12.1. The highest BCUT2D eigenvalue weighted by molar-refractivity contribution is 5.70. The standard InChI is InChI=1S/C24H39FO9/c1-5-6-7-8-9-10-11-12-13-14-20(29)33-22-21(34-24(25)23(22)32-18(4)28)19(31-17(3)27)15-30-16(2)26/h19,21-24H,5-15H2,1-4H3/t19-,21-,22+,23-,24-/m1/s1. The van der Waals surface area contributed by atoms with Crippen LogP contribution >= 0.6 is 0 Å². The second-order valence-corrected chi connectivity index (χ2v) is 8.51. The van der Waals surface area contributed by atoms with E-state index in [2.05, 4.69) is 6.92 Å². The molecule has 0 unspecified atom stereocenters. The van der Waals surface area contributed by atoms with E-state index in [1.807, 2.05) is 0 Å². The van der Waals surface area contributed by atoms with Crippen LogP contribution in [0.25, 0.3) is 0 Å². The molecule has 34 heavy (non-hydrogen) atoms. The summed E-state index contributed by atoms with van der Waals surface area (Å²) >= 11 is 0. The van der Waals surface area contributed by atoms with Gasteiger partial charge in [0.2, 0.25) is 6.36 Å². The predicted molar refractivity (Wildman–Crippen MR) is 119 cm³/mol. The van der Waals surface area contributed by atoms with Gasteiger partial charge in [-0.15, -0.1) is 0 Å². The number of hydrogen-bond acceptors (Lipinski definition) is 9. The molecule has 1 fully saturated rings. The molecule has 1 rings (SSSR count). The van der Waals surface area contributed by atoms with Crippen LogP contribution in [0.2, 0.25) is 0 Å². The zero-order valence-electron chi connectivity index (χ0n) is 20.7. The number of alkyl halides is 1. The van der Waals surface area contributed by atoms with Crippen molar-refractivity contribution in [2.24, 2.45) is 0 Å². The van der Waals surface area contributed by atoms with Crippen molar-refractivity contribution in [2.45, 2.75) is 123 Å². The molecule has 0 radical (unpaired) electrons.